The standard InChI is InChI=1S/C11H16FNO2/c1-15-11-8(4-2-3-7-13)5-6-9(12)10(11)14/h5-6,14H,2-4,7,13H2,1H3. The van der Waals surface area contributed by atoms with Gasteiger partial charge in [-0.1, -0.05) is 6.07 Å². The quantitative estimate of drug-likeness (QED) is 0.733. The molecule has 0 heterocycles. The van der Waals surface area contributed by atoms with Crippen molar-refractivity contribution in [3.8, 4) is 11.5 Å². The van der Waals surface area contributed by atoms with Gasteiger partial charge in [-0.25, -0.2) is 4.39 Å². The third-order valence-electron chi connectivity index (χ3n) is 2.27. The van der Waals surface area contributed by atoms with Gasteiger partial charge in [0.25, 0.3) is 0 Å². The molecule has 0 fully saturated rings. The number of aryl methyl sites for hydroxylation is 1. The molecule has 0 atom stereocenters. The minimum absolute atomic E-state index is 0.229. The van der Waals surface area contributed by atoms with Gasteiger partial charge in [0.1, 0.15) is 0 Å². The number of ether oxygens (including phenoxy) is 1. The maximum absolute atomic E-state index is 13.0. The lowest BCUT2D eigenvalue weighted by Crippen LogP contribution is -2.00. The summed E-state index contributed by atoms with van der Waals surface area (Å²) >= 11 is 0. The number of rotatable bonds is 5. The molecule has 0 radical (unpaired) electrons. The first-order chi connectivity index (χ1) is 7.20. The Labute approximate surface area is 88.7 Å². The fraction of sp³-hybridized carbons (Fsp3) is 0.455. The zero-order chi connectivity index (χ0) is 11.3. The van der Waals surface area contributed by atoms with Crippen molar-refractivity contribution in [1.82, 2.24) is 0 Å². The summed E-state index contributed by atoms with van der Waals surface area (Å²) in [6.07, 6.45) is 2.54. The average Bonchev–Trinajstić information content (AvgIpc) is 2.24. The van der Waals surface area contributed by atoms with Gasteiger partial charge >= 0.3 is 0 Å². The molecule has 0 spiro atoms. The second-order valence-corrected chi connectivity index (χ2v) is 3.33. The highest BCUT2D eigenvalue weighted by atomic mass is 19.1. The monoisotopic (exact) mass is 213 g/mol. The van der Waals surface area contributed by atoms with Crippen LogP contribution in [0.25, 0.3) is 0 Å². The van der Waals surface area contributed by atoms with Crippen LogP contribution in [-0.4, -0.2) is 18.8 Å². The molecule has 1 rings (SSSR count). The van der Waals surface area contributed by atoms with E-state index in [4.69, 9.17) is 10.5 Å². The Morgan fingerprint density at radius 3 is 2.73 bits per heavy atom. The van der Waals surface area contributed by atoms with Crippen LogP contribution >= 0.6 is 0 Å². The van der Waals surface area contributed by atoms with Gasteiger partial charge in [0, 0.05) is 0 Å². The number of hydrogen-bond acceptors (Lipinski definition) is 3. The Morgan fingerprint density at radius 2 is 2.13 bits per heavy atom. The van der Waals surface area contributed by atoms with Gasteiger partial charge in [0.15, 0.2) is 17.3 Å². The van der Waals surface area contributed by atoms with E-state index in [1.807, 2.05) is 0 Å². The molecule has 3 N–H and O–H groups in total. The van der Waals surface area contributed by atoms with Crippen LogP contribution in [0.5, 0.6) is 11.5 Å². The number of phenolic OH excluding ortho intramolecular Hbond substituents is 1. The Balaban J connectivity index is 2.83. The maximum atomic E-state index is 13.0. The summed E-state index contributed by atoms with van der Waals surface area (Å²) in [5.74, 6) is -0.843. The Kier molecular flexibility index (Phi) is 4.37. The molecule has 0 aliphatic heterocycles. The van der Waals surface area contributed by atoms with Crippen LogP contribution in [0.4, 0.5) is 4.39 Å². The molecule has 1 aromatic carbocycles. The van der Waals surface area contributed by atoms with Crippen molar-refractivity contribution in [3.05, 3.63) is 23.5 Å². The van der Waals surface area contributed by atoms with Crippen molar-refractivity contribution in [2.75, 3.05) is 13.7 Å². The summed E-state index contributed by atoms with van der Waals surface area (Å²) in [7, 11) is 1.42. The van der Waals surface area contributed by atoms with Crippen molar-refractivity contribution in [3.63, 3.8) is 0 Å². The summed E-state index contributed by atoms with van der Waals surface area (Å²) in [5.41, 5.74) is 6.19. The largest absolute Gasteiger partial charge is 0.502 e. The number of aromatic hydroxyl groups is 1. The summed E-state index contributed by atoms with van der Waals surface area (Å²) in [6, 6.07) is 2.88. The number of halogens is 1. The van der Waals surface area contributed by atoms with Crippen molar-refractivity contribution in [2.24, 2.45) is 5.73 Å². The summed E-state index contributed by atoms with van der Waals surface area (Å²) in [5, 5.41) is 9.41. The van der Waals surface area contributed by atoms with E-state index in [0.29, 0.717) is 6.54 Å². The van der Waals surface area contributed by atoms with Crippen LogP contribution in [0.3, 0.4) is 0 Å². The van der Waals surface area contributed by atoms with E-state index in [-0.39, 0.29) is 5.75 Å². The Morgan fingerprint density at radius 1 is 1.40 bits per heavy atom. The lowest BCUT2D eigenvalue weighted by molar-refractivity contribution is 0.353. The molecule has 0 aromatic heterocycles. The van der Waals surface area contributed by atoms with E-state index >= 15 is 0 Å². The van der Waals surface area contributed by atoms with Crippen LogP contribution in [0, 0.1) is 5.82 Å². The zero-order valence-electron chi connectivity index (χ0n) is 8.79. The van der Waals surface area contributed by atoms with E-state index in [2.05, 4.69) is 0 Å². The summed E-state index contributed by atoms with van der Waals surface area (Å²) < 4.78 is 18.0. The lowest BCUT2D eigenvalue weighted by Gasteiger charge is -2.10. The molecular formula is C11H16FNO2. The van der Waals surface area contributed by atoms with Gasteiger partial charge in [-0.2, -0.15) is 0 Å². The first-order valence-corrected chi connectivity index (χ1v) is 4.95. The molecular weight excluding hydrogens is 197 g/mol. The fourth-order valence-corrected chi connectivity index (χ4v) is 1.47. The minimum Gasteiger partial charge on any atom is -0.502 e. The van der Waals surface area contributed by atoms with Crippen molar-refractivity contribution in [2.45, 2.75) is 19.3 Å². The first-order valence-electron chi connectivity index (χ1n) is 4.95. The molecule has 0 aliphatic carbocycles. The second kappa shape index (κ2) is 5.56. The highest BCUT2D eigenvalue weighted by Crippen LogP contribution is 2.33. The Bertz CT molecular complexity index is 329. The number of phenols is 1. The van der Waals surface area contributed by atoms with Crippen molar-refractivity contribution in [1.29, 1.82) is 0 Å². The molecule has 0 saturated carbocycles. The number of hydrogen-bond donors (Lipinski definition) is 2. The highest BCUT2D eigenvalue weighted by Gasteiger charge is 2.12. The molecule has 0 aliphatic rings. The van der Waals surface area contributed by atoms with Crippen LogP contribution in [0.1, 0.15) is 18.4 Å². The van der Waals surface area contributed by atoms with Gasteiger partial charge < -0.3 is 15.6 Å². The van der Waals surface area contributed by atoms with Gasteiger partial charge in [-0.05, 0) is 37.4 Å². The minimum atomic E-state index is -0.658. The predicted molar refractivity (Wildman–Crippen MR) is 56.6 cm³/mol. The van der Waals surface area contributed by atoms with E-state index in [9.17, 15) is 9.50 Å². The highest BCUT2D eigenvalue weighted by molar-refractivity contribution is 5.46. The molecule has 3 nitrogen and oxygen atoms in total. The molecule has 0 amide bonds. The van der Waals surface area contributed by atoms with E-state index in [1.165, 1.54) is 13.2 Å². The molecule has 84 valence electrons. The van der Waals surface area contributed by atoms with E-state index < -0.39 is 11.6 Å². The Hall–Kier alpha value is -1.29. The topological polar surface area (TPSA) is 55.5 Å². The second-order valence-electron chi connectivity index (χ2n) is 3.33. The maximum Gasteiger partial charge on any atom is 0.194 e. The number of unbranched alkanes of at least 4 members (excludes halogenated alkanes) is 1. The number of methoxy groups -OCH3 is 1. The zero-order valence-corrected chi connectivity index (χ0v) is 8.79. The van der Waals surface area contributed by atoms with Gasteiger partial charge in [-0.15, -0.1) is 0 Å². The molecule has 15 heavy (non-hydrogen) atoms. The average molecular weight is 213 g/mol. The summed E-state index contributed by atoms with van der Waals surface area (Å²) in [4.78, 5) is 0. The third-order valence-corrected chi connectivity index (χ3v) is 2.27. The third kappa shape index (κ3) is 2.83. The molecule has 4 heteroatoms. The van der Waals surface area contributed by atoms with Gasteiger partial charge in [0.05, 0.1) is 7.11 Å². The molecule has 0 bridgehead atoms. The first kappa shape index (κ1) is 11.8. The molecule has 0 unspecified atom stereocenters. The van der Waals surface area contributed by atoms with Crippen molar-refractivity contribution < 1.29 is 14.2 Å². The SMILES string of the molecule is COc1c(CCCCN)ccc(F)c1O. The van der Waals surface area contributed by atoms with Crippen molar-refractivity contribution >= 4 is 0 Å². The smallest absolute Gasteiger partial charge is 0.194 e. The number of nitrogens with two attached hydrogens (primary N) is 1. The lowest BCUT2D eigenvalue weighted by atomic mass is 10.1. The molecule has 1 aromatic rings. The van der Waals surface area contributed by atoms with Crippen LogP contribution in [0.15, 0.2) is 12.1 Å². The normalized spacial score (nSPS) is 10.3. The van der Waals surface area contributed by atoms with E-state index in [1.54, 1.807) is 6.07 Å². The van der Waals surface area contributed by atoms with Gasteiger partial charge in [-0.3, -0.25) is 0 Å². The molecule has 0 saturated heterocycles. The number of benzene rings is 1. The fourth-order valence-electron chi connectivity index (χ4n) is 1.47. The predicted octanol–water partition coefficient (Wildman–Crippen LogP) is 1.82. The van der Waals surface area contributed by atoms with Crippen LogP contribution < -0.4 is 10.5 Å². The van der Waals surface area contributed by atoms with Gasteiger partial charge in [0.2, 0.25) is 0 Å². The van der Waals surface area contributed by atoms with E-state index in [0.717, 1.165) is 24.8 Å². The van der Waals surface area contributed by atoms with Crippen LogP contribution in [-0.2, 0) is 6.42 Å². The summed E-state index contributed by atoms with van der Waals surface area (Å²) in [6.45, 7) is 0.634. The van der Waals surface area contributed by atoms with Crippen LogP contribution in [0.2, 0.25) is 0 Å².